The van der Waals surface area contributed by atoms with Crippen LogP contribution in [-0.4, -0.2) is 24.5 Å². The molecule has 0 radical (unpaired) electrons. The topological polar surface area (TPSA) is 48.5 Å². The van der Waals surface area contributed by atoms with Crippen molar-refractivity contribution in [1.29, 1.82) is 0 Å². The summed E-state index contributed by atoms with van der Waals surface area (Å²) in [6.07, 6.45) is 6.11. The zero-order valence-corrected chi connectivity index (χ0v) is 12.3. The lowest BCUT2D eigenvalue weighted by Gasteiger charge is -2.12. The molecule has 1 aromatic carbocycles. The SMILES string of the molecule is CCOc1cc2c(cc1NCCn1cc[n+](C)c1)OCO2. The summed E-state index contributed by atoms with van der Waals surface area (Å²) in [5.41, 5.74) is 0.928. The van der Waals surface area contributed by atoms with Crippen molar-refractivity contribution in [3.05, 3.63) is 30.9 Å². The molecule has 1 aliphatic heterocycles. The summed E-state index contributed by atoms with van der Waals surface area (Å²) < 4.78 is 20.6. The first kappa shape index (κ1) is 13.6. The first-order chi connectivity index (χ1) is 10.3. The normalized spacial score (nSPS) is 12.5. The van der Waals surface area contributed by atoms with Gasteiger partial charge in [0.2, 0.25) is 13.1 Å². The maximum absolute atomic E-state index is 5.66. The fourth-order valence-corrected chi connectivity index (χ4v) is 2.29. The largest absolute Gasteiger partial charge is 0.492 e. The number of aryl methyl sites for hydroxylation is 1. The molecule has 6 heteroatoms. The molecular weight excluding hydrogens is 270 g/mol. The van der Waals surface area contributed by atoms with Crippen LogP contribution in [-0.2, 0) is 13.6 Å². The maximum atomic E-state index is 5.66. The van der Waals surface area contributed by atoms with Gasteiger partial charge in [-0.15, -0.1) is 0 Å². The van der Waals surface area contributed by atoms with Crippen LogP contribution in [0.5, 0.6) is 17.2 Å². The van der Waals surface area contributed by atoms with Gasteiger partial charge >= 0.3 is 0 Å². The Balaban J connectivity index is 1.68. The van der Waals surface area contributed by atoms with Crippen molar-refractivity contribution in [2.75, 3.05) is 25.3 Å². The molecule has 0 unspecified atom stereocenters. The summed E-state index contributed by atoms with van der Waals surface area (Å²) in [5, 5.41) is 3.39. The van der Waals surface area contributed by atoms with E-state index in [1.54, 1.807) is 0 Å². The van der Waals surface area contributed by atoms with E-state index in [0.29, 0.717) is 6.61 Å². The van der Waals surface area contributed by atoms with Gasteiger partial charge in [-0.25, -0.2) is 9.13 Å². The highest BCUT2D eigenvalue weighted by Crippen LogP contribution is 2.40. The number of imidazole rings is 1. The molecule has 1 aliphatic rings. The Morgan fingerprint density at radius 1 is 1.33 bits per heavy atom. The molecule has 1 N–H and O–H groups in total. The average molecular weight is 290 g/mol. The lowest BCUT2D eigenvalue weighted by atomic mass is 10.2. The number of ether oxygens (including phenoxy) is 3. The summed E-state index contributed by atoms with van der Waals surface area (Å²) >= 11 is 0. The molecule has 2 aromatic rings. The zero-order valence-electron chi connectivity index (χ0n) is 12.3. The van der Waals surface area contributed by atoms with Gasteiger partial charge in [0.25, 0.3) is 0 Å². The number of anilines is 1. The Kier molecular flexibility index (Phi) is 3.85. The van der Waals surface area contributed by atoms with Gasteiger partial charge in [-0.2, -0.15) is 0 Å². The van der Waals surface area contributed by atoms with Gasteiger partial charge in [0.05, 0.1) is 25.9 Å². The molecule has 1 aromatic heterocycles. The molecule has 2 heterocycles. The Morgan fingerprint density at radius 3 is 2.86 bits per heavy atom. The lowest BCUT2D eigenvalue weighted by Crippen LogP contribution is -2.24. The van der Waals surface area contributed by atoms with Crippen LogP contribution in [0.1, 0.15) is 6.92 Å². The van der Waals surface area contributed by atoms with Gasteiger partial charge in [0.15, 0.2) is 11.5 Å². The molecule has 0 saturated heterocycles. The fraction of sp³-hybridized carbons (Fsp3) is 0.400. The molecule has 3 rings (SSSR count). The molecule has 0 atom stereocenters. The van der Waals surface area contributed by atoms with Crippen molar-refractivity contribution >= 4 is 5.69 Å². The number of nitrogens with zero attached hydrogens (tertiary/aromatic N) is 2. The molecule has 112 valence electrons. The van der Waals surface area contributed by atoms with Crippen LogP contribution >= 0.6 is 0 Å². The van der Waals surface area contributed by atoms with Gasteiger partial charge in [-0.3, -0.25) is 0 Å². The third-order valence-electron chi connectivity index (χ3n) is 3.28. The van der Waals surface area contributed by atoms with E-state index >= 15 is 0 Å². The van der Waals surface area contributed by atoms with Crippen LogP contribution in [0.2, 0.25) is 0 Å². The number of hydrogen-bond donors (Lipinski definition) is 1. The van der Waals surface area contributed by atoms with Crippen LogP contribution in [0.3, 0.4) is 0 Å². The molecule has 0 amide bonds. The second-order valence-corrected chi connectivity index (χ2v) is 4.88. The molecule has 0 bridgehead atoms. The van der Waals surface area contributed by atoms with Crippen LogP contribution in [0.25, 0.3) is 0 Å². The molecule has 6 nitrogen and oxygen atoms in total. The van der Waals surface area contributed by atoms with Crippen molar-refractivity contribution in [2.45, 2.75) is 13.5 Å². The number of fused-ring (bicyclic) bond motifs is 1. The quantitative estimate of drug-likeness (QED) is 0.820. The third-order valence-corrected chi connectivity index (χ3v) is 3.28. The van der Waals surface area contributed by atoms with Crippen LogP contribution in [0, 0.1) is 0 Å². The standard InChI is InChI=1S/C15H20N3O3/c1-3-19-13-9-15-14(20-11-21-15)8-12(13)16-4-5-18-7-6-17(2)10-18/h6-10,16H,3-5,11H2,1-2H3/q+1. The van der Waals surface area contributed by atoms with Gasteiger partial charge < -0.3 is 19.5 Å². The maximum Gasteiger partial charge on any atom is 0.243 e. The zero-order chi connectivity index (χ0) is 14.7. The lowest BCUT2D eigenvalue weighted by molar-refractivity contribution is -0.671. The summed E-state index contributed by atoms with van der Waals surface area (Å²) in [7, 11) is 2.01. The third kappa shape index (κ3) is 3.04. The van der Waals surface area contributed by atoms with Gasteiger partial charge in [0.1, 0.15) is 24.7 Å². The van der Waals surface area contributed by atoms with Crippen molar-refractivity contribution < 1.29 is 18.8 Å². The van der Waals surface area contributed by atoms with E-state index in [4.69, 9.17) is 14.2 Å². The predicted molar refractivity (Wildman–Crippen MR) is 77.8 cm³/mol. The van der Waals surface area contributed by atoms with E-state index < -0.39 is 0 Å². The minimum atomic E-state index is 0.268. The summed E-state index contributed by atoms with van der Waals surface area (Å²) in [4.78, 5) is 0. The molecule has 0 fully saturated rings. The first-order valence-corrected chi connectivity index (χ1v) is 7.07. The minimum Gasteiger partial charge on any atom is -0.492 e. The van der Waals surface area contributed by atoms with E-state index in [1.807, 2.05) is 49.4 Å². The Bertz CT molecular complexity index is 625. The number of rotatable bonds is 6. The van der Waals surface area contributed by atoms with Gasteiger partial charge in [0, 0.05) is 12.1 Å². The summed E-state index contributed by atoms with van der Waals surface area (Å²) in [5.74, 6) is 2.29. The molecule has 21 heavy (non-hydrogen) atoms. The van der Waals surface area contributed by atoms with E-state index in [0.717, 1.165) is 36.0 Å². The van der Waals surface area contributed by atoms with Crippen molar-refractivity contribution in [1.82, 2.24) is 4.57 Å². The number of hydrogen-bond acceptors (Lipinski definition) is 4. The predicted octanol–water partition coefficient (Wildman–Crippen LogP) is 1.55. The van der Waals surface area contributed by atoms with Crippen molar-refractivity contribution in [3.8, 4) is 17.2 Å². The number of nitrogens with one attached hydrogen (secondary N) is 1. The minimum absolute atomic E-state index is 0.268. The summed E-state index contributed by atoms with van der Waals surface area (Å²) in [6, 6.07) is 3.81. The number of benzene rings is 1. The highest BCUT2D eigenvalue weighted by atomic mass is 16.7. The monoisotopic (exact) mass is 290 g/mol. The van der Waals surface area contributed by atoms with Crippen LogP contribution in [0.15, 0.2) is 30.9 Å². The van der Waals surface area contributed by atoms with Crippen molar-refractivity contribution in [3.63, 3.8) is 0 Å². The molecule has 0 saturated carbocycles. The molecule has 0 aliphatic carbocycles. The van der Waals surface area contributed by atoms with Gasteiger partial charge in [-0.05, 0) is 6.92 Å². The molecule has 0 spiro atoms. The highest BCUT2D eigenvalue weighted by Gasteiger charge is 2.18. The van der Waals surface area contributed by atoms with E-state index in [1.165, 1.54) is 0 Å². The van der Waals surface area contributed by atoms with E-state index in [9.17, 15) is 0 Å². The fourth-order valence-electron chi connectivity index (χ4n) is 2.29. The van der Waals surface area contributed by atoms with Gasteiger partial charge in [-0.1, -0.05) is 0 Å². The van der Waals surface area contributed by atoms with Crippen LogP contribution < -0.4 is 24.1 Å². The summed E-state index contributed by atoms with van der Waals surface area (Å²) in [6.45, 7) is 4.52. The van der Waals surface area contributed by atoms with E-state index in [-0.39, 0.29) is 6.79 Å². The smallest absolute Gasteiger partial charge is 0.243 e. The second-order valence-electron chi connectivity index (χ2n) is 4.88. The average Bonchev–Trinajstić information content (AvgIpc) is 3.08. The van der Waals surface area contributed by atoms with Crippen LogP contribution in [0.4, 0.5) is 5.69 Å². The Morgan fingerprint density at radius 2 is 2.14 bits per heavy atom. The highest BCUT2D eigenvalue weighted by molar-refractivity contribution is 5.65. The number of aromatic nitrogens is 2. The van der Waals surface area contributed by atoms with E-state index in [2.05, 4.69) is 9.88 Å². The second kappa shape index (κ2) is 5.95. The first-order valence-electron chi connectivity index (χ1n) is 7.07. The Hall–Kier alpha value is -2.37. The van der Waals surface area contributed by atoms with Crippen molar-refractivity contribution in [2.24, 2.45) is 7.05 Å². The Labute approximate surface area is 123 Å². The molecular formula is C15H20N3O3+.